The van der Waals surface area contributed by atoms with Crippen LogP contribution in [0.15, 0.2) is 66.7 Å². The number of nitrogens with zero attached hydrogens (tertiary/aromatic N) is 4. The number of aryl methyl sites for hydroxylation is 1. The Morgan fingerprint density at radius 2 is 1.13 bits per heavy atom. The van der Waals surface area contributed by atoms with Crippen molar-refractivity contribution in [1.82, 2.24) is 9.97 Å². The lowest BCUT2D eigenvalue weighted by Gasteiger charge is -2.19. The van der Waals surface area contributed by atoms with Crippen molar-refractivity contribution >= 4 is 31.4 Å². The van der Waals surface area contributed by atoms with Crippen LogP contribution in [-0.4, -0.2) is 65.6 Å². The molecule has 0 atom stereocenters. The molecule has 0 saturated carbocycles. The molecule has 2 aromatic carbocycles. The Morgan fingerprint density at radius 1 is 0.667 bits per heavy atom. The lowest BCUT2D eigenvalue weighted by Crippen LogP contribution is -2.29. The van der Waals surface area contributed by atoms with Crippen molar-refractivity contribution in [2.24, 2.45) is 0 Å². The molecule has 0 aliphatic carbocycles. The SMILES string of the molecule is Cc1cc(OCCCCS(=O)(=O)N(C)c2ccccc2)nc(OCCCCS(=O)(=O)N(C)c2ccccc2)n1. The van der Waals surface area contributed by atoms with Crippen LogP contribution in [0, 0.1) is 6.92 Å². The van der Waals surface area contributed by atoms with Crippen LogP contribution in [-0.2, 0) is 20.0 Å². The highest BCUT2D eigenvalue weighted by molar-refractivity contribution is 7.93. The molecular weight excluding hydrogens is 540 g/mol. The van der Waals surface area contributed by atoms with Crippen LogP contribution in [0.25, 0.3) is 0 Å². The molecule has 0 saturated heterocycles. The third kappa shape index (κ3) is 9.39. The number of aromatic nitrogens is 2. The molecular formula is C27H36N4O6S2. The number of anilines is 2. The van der Waals surface area contributed by atoms with Crippen molar-refractivity contribution < 1.29 is 26.3 Å². The number of benzene rings is 2. The number of para-hydroxylation sites is 2. The zero-order valence-electron chi connectivity index (χ0n) is 22.6. The molecule has 0 spiro atoms. The summed E-state index contributed by atoms with van der Waals surface area (Å²) in [5, 5.41) is 0. The lowest BCUT2D eigenvalue weighted by molar-refractivity contribution is 0.263. The maximum absolute atomic E-state index is 12.6. The molecule has 10 nitrogen and oxygen atoms in total. The Bertz CT molecular complexity index is 1280. The molecule has 3 aromatic rings. The molecule has 39 heavy (non-hydrogen) atoms. The topological polar surface area (TPSA) is 119 Å². The van der Waals surface area contributed by atoms with Crippen LogP contribution in [0.2, 0.25) is 0 Å². The van der Waals surface area contributed by atoms with Gasteiger partial charge in [0.1, 0.15) is 0 Å². The Labute approximate surface area is 231 Å². The standard InChI is InChI=1S/C27H36N4O6S2/c1-23-22-26(36-18-10-12-20-38(32,33)30(2)24-14-6-4-7-15-24)29-27(28-23)37-19-11-13-21-39(34,35)31(3)25-16-8-5-9-17-25/h4-9,14-17,22H,10-13,18-21H2,1-3H3. The summed E-state index contributed by atoms with van der Waals surface area (Å²) in [7, 11) is -3.76. The molecule has 0 aliphatic heterocycles. The van der Waals surface area contributed by atoms with Gasteiger partial charge in [0.15, 0.2) is 0 Å². The predicted molar refractivity (Wildman–Crippen MR) is 153 cm³/mol. The van der Waals surface area contributed by atoms with Gasteiger partial charge < -0.3 is 9.47 Å². The minimum Gasteiger partial charge on any atom is -0.478 e. The lowest BCUT2D eigenvalue weighted by atomic mass is 10.3. The van der Waals surface area contributed by atoms with Crippen LogP contribution in [0.3, 0.4) is 0 Å². The largest absolute Gasteiger partial charge is 0.478 e. The molecule has 1 aromatic heterocycles. The van der Waals surface area contributed by atoms with E-state index in [1.54, 1.807) is 75.6 Å². The Hall–Kier alpha value is -3.38. The molecule has 0 aliphatic rings. The molecule has 0 bridgehead atoms. The fourth-order valence-electron chi connectivity index (χ4n) is 3.64. The average Bonchev–Trinajstić information content (AvgIpc) is 2.92. The monoisotopic (exact) mass is 576 g/mol. The Morgan fingerprint density at radius 3 is 1.62 bits per heavy atom. The van der Waals surface area contributed by atoms with Gasteiger partial charge in [-0.15, -0.1) is 0 Å². The Balaban J connectivity index is 1.38. The van der Waals surface area contributed by atoms with Gasteiger partial charge in [-0.3, -0.25) is 8.61 Å². The summed E-state index contributed by atoms with van der Waals surface area (Å²) in [5.41, 5.74) is 1.91. The van der Waals surface area contributed by atoms with Crippen molar-refractivity contribution in [1.29, 1.82) is 0 Å². The normalized spacial score (nSPS) is 11.7. The second-order valence-corrected chi connectivity index (χ2v) is 13.2. The summed E-state index contributed by atoms with van der Waals surface area (Å²) < 4.78 is 64.2. The molecule has 3 rings (SSSR count). The molecule has 0 amide bonds. The first-order chi connectivity index (χ1) is 18.6. The summed E-state index contributed by atoms with van der Waals surface area (Å²) in [6, 6.07) is 19.7. The van der Waals surface area contributed by atoms with E-state index in [1.165, 1.54) is 8.61 Å². The highest BCUT2D eigenvalue weighted by Crippen LogP contribution is 2.18. The molecule has 0 N–H and O–H groups in total. The second kappa shape index (κ2) is 14.1. The van der Waals surface area contributed by atoms with Gasteiger partial charge in [0.05, 0.1) is 36.1 Å². The van der Waals surface area contributed by atoms with E-state index >= 15 is 0 Å². The average molecular weight is 577 g/mol. The van der Waals surface area contributed by atoms with E-state index in [0.29, 0.717) is 55.2 Å². The first kappa shape index (κ1) is 30.2. The maximum atomic E-state index is 12.6. The summed E-state index contributed by atoms with van der Waals surface area (Å²) in [6.07, 6.45) is 1.92. The van der Waals surface area contributed by atoms with Crippen LogP contribution in [0.4, 0.5) is 11.4 Å². The third-order valence-electron chi connectivity index (χ3n) is 5.96. The summed E-state index contributed by atoms with van der Waals surface area (Å²) in [4.78, 5) is 8.50. The molecule has 1 heterocycles. The molecule has 212 valence electrons. The minimum absolute atomic E-state index is 0.00164. The zero-order valence-corrected chi connectivity index (χ0v) is 24.2. The van der Waals surface area contributed by atoms with E-state index < -0.39 is 20.0 Å². The first-order valence-electron chi connectivity index (χ1n) is 12.7. The number of sulfonamides is 2. The van der Waals surface area contributed by atoms with Gasteiger partial charge in [0, 0.05) is 25.9 Å². The smallest absolute Gasteiger partial charge is 0.319 e. The number of rotatable bonds is 16. The van der Waals surface area contributed by atoms with Crippen molar-refractivity contribution in [3.05, 3.63) is 72.4 Å². The second-order valence-electron chi connectivity index (χ2n) is 8.98. The minimum atomic E-state index is -3.43. The van der Waals surface area contributed by atoms with Gasteiger partial charge >= 0.3 is 6.01 Å². The van der Waals surface area contributed by atoms with E-state index in [4.69, 9.17) is 9.47 Å². The summed E-state index contributed by atoms with van der Waals surface area (Å²) >= 11 is 0. The summed E-state index contributed by atoms with van der Waals surface area (Å²) in [6.45, 7) is 2.35. The van der Waals surface area contributed by atoms with Crippen molar-refractivity contribution in [3.8, 4) is 11.9 Å². The highest BCUT2D eigenvalue weighted by Gasteiger charge is 2.19. The quantitative estimate of drug-likeness (QED) is 0.235. The van der Waals surface area contributed by atoms with Gasteiger partial charge in [0.25, 0.3) is 0 Å². The predicted octanol–water partition coefficient (Wildman–Crippen LogP) is 4.04. The fraction of sp³-hybridized carbons (Fsp3) is 0.407. The zero-order chi connectivity index (χ0) is 28.3. The van der Waals surface area contributed by atoms with Gasteiger partial charge in [-0.2, -0.15) is 4.98 Å². The highest BCUT2D eigenvalue weighted by atomic mass is 32.2. The van der Waals surface area contributed by atoms with Gasteiger partial charge in [-0.05, 0) is 56.9 Å². The number of hydrogen-bond acceptors (Lipinski definition) is 8. The first-order valence-corrected chi connectivity index (χ1v) is 15.9. The molecule has 12 heteroatoms. The van der Waals surface area contributed by atoms with Crippen LogP contribution in [0.5, 0.6) is 11.9 Å². The van der Waals surface area contributed by atoms with Crippen LogP contribution in [0.1, 0.15) is 31.4 Å². The Kier molecular flexibility index (Phi) is 10.9. The van der Waals surface area contributed by atoms with Gasteiger partial charge in [-0.1, -0.05) is 36.4 Å². The van der Waals surface area contributed by atoms with Crippen LogP contribution < -0.4 is 18.1 Å². The number of unbranched alkanes of at least 4 members (excludes halogenated alkanes) is 2. The van der Waals surface area contributed by atoms with Gasteiger partial charge in [0.2, 0.25) is 25.9 Å². The van der Waals surface area contributed by atoms with Crippen molar-refractivity contribution in [3.63, 3.8) is 0 Å². The van der Waals surface area contributed by atoms with E-state index in [2.05, 4.69) is 9.97 Å². The molecule has 0 fully saturated rings. The maximum Gasteiger partial charge on any atom is 0.319 e. The van der Waals surface area contributed by atoms with Crippen molar-refractivity contribution in [2.75, 3.05) is 47.4 Å². The van der Waals surface area contributed by atoms with E-state index in [9.17, 15) is 16.8 Å². The number of ether oxygens (including phenoxy) is 2. The number of hydrogen-bond donors (Lipinski definition) is 0. The van der Waals surface area contributed by atoms with E-state index in [1.807, 2.05) is 12.1 Å². The third-order valence-corrected chi connectivity index (χ3v) is 9.66. The summed E-state index contributed by atoms with van der Waals surface area (Å²) in [5.74, 6) is 0.353. The van der Waals surface area contributed by atoms with E-state index in [-0.39, 0.29) is 24.1 Å². The van der Waals surface area contributed by atoms with Crippen LogP contribution >= 0.6 is 0 Å². The molecule has 0 unspecified atom stereocenters. The van der Waals surface area contributed by atoms with Crippen molar-refractivity contribution in [2.45, 2.75) is 32.6 Å². The molecule has 0 radical (unpaired) electrons. The van der Waals surface area contributed by atoms with Gasteiger partial charge in [-0.25, -0.2) is 21.8 Å². The van der Waals surface area contributed by atoms with E-state index in [0.717, 1.165) is 0 Å². The fourth-order valence-corrected chi connectivity index (χ4v) is 6.21.